The van der Waals surface area contributed by atoms with Crippen molar-refractivity contribution in [1.82, 2.24) is 10.6 Å². The Morgan fingerprint density at radius 1 is 1.47 bits per heavy atom. The summed E-state index contributed by atoms with van der Waals surface area (Å²) in [5.74, 6) is -0.0525. The number of carbonyl (C=O) groups is 2. The molecule has 110 valence electrons. The van der Waals surface area contributed by atoms with Crippen molar-refractivity contribution in [2.45, 2.75) is 44.4 Å². The lowest BCUT2D eigenvalue weighted by Crippen LogP contribution is -2.45. The molecule has 3 atom stereocenters. The van der Waals surface area contributed by atoms with E-state index in [0.29, 0.717) is 19.4 Å². The zero-order valence-corrected chi connectivity index (χ0v) is 12.2. The summed E-state index contributed by atoms with van der Waals surface area (Å²) in [6.45, 7) is 2.38. The molecule has 0 aromatic heterocycles. The molecule has 0 aromatic carbocycles. The highest BCUT2D eigenvalue weighted by Crippen LogP contribution is 2.19. The maximum atomic E-state index is 11.7. The van der Waals surface area contributed by atoms with E-state index >= 15 is 0 Å². The highest BCUT2D eigenvalue weighted by molar-refractivity contribution is 7.98. The van der Waals surface area contributed by atoms with Gasteiger partial charge >= 0.3 is 12.0 Å². The monoisotopic (exact) mass is 290 g/mol. The van der Waals surface area contributed by atoms with Gasteiger partial charge < -0.3 is 20.5 Å². The standard InChI is InChI=1S/C12H22N2O4S/c1-3-8(7-19-2)14-12(17)13-6-9-4-5-10(18-9)11(15)16/h8-10H,3-7H2,1-2H3,(H,15,16)(H2,13,14,17). The number of rotatable bonds is 7. The number of carbonyl (C=O) groups excluding carboxylic acids is 1. The van der Waals surface area contributed by atoms with Crippen LogP contribution < -0.4 is 10.6 Å². The fraction of sp³-hybridized carbons (Fsp3) is 0.833. The number of thioether (sulfide) groups is 1. The van der Waals surface area contributed by atoms with Gasteiger partial charge in [0.25, 0.3) is 0 Å². The highest BCUT2D eigenvalue weighted by atomic mass is 32.2. The molecular formula is C12H22N2O4S. The maximum absolute atomic E-state index is 11.7. The molecule has 1 aliphatic rings. The van der Waals surface area contributed by atoms with E-state index in [-0.39, 0.29) is 18.2 Å². The molecule has 7 heteroatoms. The molecule has 0 saturated carbocycles. The van der Waals surface area contributed by atoms with Crippen LogP contribution >= 0.6 is 11.8 Å². The van der Waals surface area contributed by atoms with Gasteiger partial charge in [-0.05, 0) is 25.5 Å². The SMILES string of the molecule is CCC(CSC)NC(=O)NCC1CCC(C(=O)O)O1. The lowest BCUT2D eigenvalue weighted by Gasteiger charge is -2.17. The van der Waals surface area contributed by atoms with Gasteiger partial charge in [0.1, 0.15) is 0 Å². The third kappa shape index (κ3) is 5.69. The Kier molecular flexibility index (Phi) is 7.01. The summed E-state index contributed by atoms with van der Waals surface area (Å²) in [6.07, 6.45) is 3.13. The maximum Gasteiger partial charge on any atom is 0.332 e. The molecule has 1 saturated heterocycles. The Morgan fingerprint density at radius 3 is 2.74 bits per heavy atom. The molecule has 0 radical (unpaired) electrons. The van der Waals surface area contributed by atoms with Gasteiger partial charge in [0, 0.05) is 18.3 Å². The Balaban J connectivity index is 2.22. The van der Waals surface area contributed by atoms with E-state index < -0.39 is 12.1 Å². The lowest BCUT2D eigenvalue weighted by atomic mass is 10.2. The Hall–Kier alpha value is -0.950. The topological polar surface area (TPSA) is 87.7 Å². The molecule has 0 aliphatic carbocycles. The predicted octanol–water partition coefficient (Wildman–Crippen LogP) is 1.06. The van der Waals surface area contributed by atoms with Gasteiger partial charge in [-0.25, -0.2) is 9.59 Å². The van der Waals surface area contributed by atoms with Crippen LogP contribution in [0.2, 0.25) is 0 Å². The van der Waals surface area contributed by atoms with Crippen molar-refractivity contribution in [3.63, 3.8) is 0 Å². The van der Waals surface area contributed by atoms with Crippen LogP contribution in [0.1, 0.15) is 26.2 Å². The van der Waals surface area contributed by atoms with Crippen molar-refractivity contribution in [2.24, 2.45) is 0 Å². The largest absolute Gasteiger partial charge is 0.479 e. The molecule has 19 heavy (non-hydrogen) atoms. The molecule has 0 bridgehead atoms. The molecule has 1 aliphatic heterocycles. The van der Waals surface area contributed by atoms with Gasteiger partial charge in [0.05, 0.1) is 6.10 Å². The zero-order chi connectivity index (χ0) is 14.3. The normalized spacial score (nSPS) is 23.9. The molecule has 6 nitrogen and oxygen atoms in total. The van der Waals surface area contributed by atoms with Crippen LogP contribution in [0.3, 0.4) is 0 Å². The van der Waals surface area contributed by atoms with E-state index in [9.17, 15) is 9.59 Å². The van der Waals surface area contributed by atoms with Crippen LogP contribution in [0.25, 0.3) is 0 Å². The molecule has 3 unspecified atom stereocenters. The number of ether oxygens (including phenoxy) is 1. The number of amides is 2. The number of carboxylic acids is 1. The van der Waals surface area contributed by atoms with Crippen LogP contribution in [0.4, 0.5) is 4.79 Å². The summed E-state index contributed by atoms with van der Waals surface area (Å²) < 4.78 is 5.31. The summed E-state index contributed by atoms with van der Waals surface area (Å²) in [4.78, 5) is 22.4. The molecule has 1 rings (SSSR count). The first-order chi connectivity index (χ1) is 9.06. The van der Waals surface area contributed by atoms with Crippen molar-refractivity contribution < 1.29 is 19.4 Å². The van der Waals surface area contributed by atoms with E-state index in [4.69, 9.17) is 9.84 Å². The minimum absolute atomic E-state index is 0.159. The molecule has 3 N–H and O–H groups in total. The minimum Gasteiger partial charge on any atom is -0.479 e. The number of aliphatic carboxylic acids is 1. The Bertz CT molecular complexity index is 314. The minimum atomic E-state index is -0.932. The molecule has 1 fully saturated rings. The number of hydrogen-bond acceptors (Lipinski definition) is 4. The van der Waals surface area contributed by atoms with E-state index in [1.54, 1.807) is 11.8 Å². The molecule has 0 aromatic rings. The van der Waals surface area contributed by atoms with Gasteiger partial charge in [-0.1, -0.05) is 6.92 Å². The third-order valence-corrected chi connectivity index (χ3v) is 3.80. The average Bonchev–Trinajstić information content (AvgIpc) is 2.84. The number of nitrogens with one attached hydrogen (secondary N) is 2. The summed E-state index contributed by atoms with van der Waals surface area (Å²) in [5.41, 5.74) is 0. The van der Waals surface area contributed by atoms with Gasteiger partial charge in [0.2, 0.25) is 0 Å². The molecule has 0 spiro atoms. The second-order valence-corrected chi connectivity index (χ2v) is 5.49. The molecule has 2 amide bonds. The first-order valence-electron chi connectivity index (χ1n) is 6.48. The highest BCUT2D eigenvalue weighted by Gasteiger charge is 2.30. The molecule has 1 heterocycles. The van der Waals surface area contributed by atoms with Crippen LogP contribution in [0.15, 0.2) is 0 Å². The van der Waals surface area contributed by atoms with Crippen molar-refractivity contribution in [3.8, 4) is 0 Å². The quantitative estimate of drug-likeness (QED) is 0.652. The zero-order valence-electron chi connectivity index (χ0n) is 11.3. The Morgan fingerprint density at radius 2 is 2.21 bits per heavy atom. The van der Waals surface area contributed by atoms with E-state index in [0.717, 1.165) is 12.2 Å². The first kappa shape index (κ1) is 16.1. The number of hydrogen-bond donors (Lipinski definition) is 3. The summed E-state index contributed by atoms with van der Waals surface area (Å²) in [7, 11) is 0. The van der Waals surface area contributed by atoms with Gasteiger partial charge in [-0.15, -0.1) is 0 Å². The van der Waals surface area contributed by atoms with E-state index in [1.807, 2.05) is 13.2 Å². The number of urea groups is 1. The summed E-state index contributed by atoms with van der Waals surface area (Å²) in [5, 5.41) is 14.4. The van der Waals surface area contributed by atoms with Crippen molar-refractivity contribution >= 4 is 23.8 Å². The van der Waals surface area contributed by atoms with E-state index in [2.05, 4.69) is 10.6 Å². The van der Waals surface area contributed by atoms with Crippen molar-refractivity contribution in [3.05, 3.63) is 0 Å². The van der Waals surface area contributed by atoms with Gasteiger partial charge in [0.15, 0.2) is 6.10 Å². The van der Waals surface area contributed by atoms with Crippen LogP contribution in [0.5, 0.6) is 0 Å². The smallest absolute Gasteiger partial charge is 0.332 e. The average molecular weight is 290 g/mol. The fourth-order valence-corrected chi connectivity index (χ4v) is 2.66. The third-order valence-electron chi connectivity index (χ3n) is 3.07. The van der Waals surface area contributed by atoms with Crippen LogP contribution in [0, 0.1) is 0 Å². The van der Waals surface area contributed by atoms with Crippen LogP contribution in [-0.4, -0.2) is 53.9 Å². The first-order valence-corrected chi connectivity index (χ1v) is 7.87. The van der Waals surface area contributed by atoms with Gasteiger partial charge in [-0.3, -0.25) is 0 Å². The Labute approximate surface area is 117 Å². The second-order valence-electron chi connectivity index (χ2n) is 4.58. The predicted molar refractivity (Wildman–Crippen MR) is 74.5 cm³/mol. The molecular weight excluding hydrogens is 268 g/mol. The van der Waals surface area contributed by atoms with Crippen molar-refractivity contribution in [2.75, 3.05) is 18.6 Å². The number of carboxylic acid groups (broad SMARTS) is 1. The van der Waals surface area contributed by atoms with Gasteiger partial charge in [-0.2, -0.15) is 11.8 Å². The van der Waals surface area contributed by atoms with E-state index in [1.165, 1.54) is 0 Å². The lowest BCUT2D eigenvalue weighted by molar-refractivity contribution is -0.149. The van der Waals surface area contributed by atoms with Crippen molar-refractivity contribution in [1.29, 1.82) is 0 Å². The summed E-state index contributed by atoms with van der Waals surface area (Å²) >= 11 is 1.69. The second kappa shape index (κ2) is 8.27. The fourth-order valence-electron chi connectivity index (χ4n) is 1.94. The summed E-state index contributed by atoms with van der Waals surface area (Å²) in [6, 6.07) is -0.0606. The van der Waals surface area contributed by atoms with Crippen LogP contribution in [-0.2, 0) is 9.53 Å².